The third-order valence-corrected chi connectivity index (χ3v) is 3.74. The van der Waals surface area contributed by atoms with Gasteiger partial charge in [-0.3, -0.25) is 4.79 Å². The fourth-order valence-corrected chi connectivity index (χ4v) is 2.26. The van der Waals surface area contributed by atoms with Crippen molar-refractivity contribution >= 4 is 5.91 Å². The number of aliphatic hydroxyl groups excluding tert-OH is 1. The normalized spacial score (nSPS) is 13.2. The first-order valence-corrected chi connectivity index (χ1v) is 7.37. The van der Waals surface area contributed by atoms with Crippen LogP contribution in [-0.2, 0) is 4.79 Å². The van der Waals surface area contributed by atoms with Crippen LogP contribution < -0.4 is 10.1 Å². The summed E-state index contributed by atoms with van der Waals surface area (Å²) in [5.41, 5.74) is 1.01. The van der Waals surface area contributed by atoms with Gasteiger partial charge in [-0.25, -0.2) is 4.39 Å². The monoisotopic (exact) mass is 317 g/mol. The Morgan fingerprint density at radius 3 is 2.48 bits per heavy atom. The molecule has 2 rings (SSSR count). The van der Waals surface area contributed by atoms with E-state index in [0.717, 1.165) is 0 Å². The van der Waals surface area contributed by atoms with Gasteiger partial charge in [-0.2, -0.15) is 0 Å². The van der Waals surface area contributed by atoms with Crippen molar-refractivity contribution < 1.29 is 19.0 Å². The number of carbonyl (C=O) groups is 1. The third-order valence-electron chi connectivity index (χ3n) is 3.74. The predicted octanol–water partition coefficient (Wildman–Crippen LogP) is 2.79. The van der Waals surface area contributed by atoms with Crippen molar-refractivity contribution in [3.8, 4) is 5.75 Å². The number of aliphatic hydroxyl groups is 1. The number of amides is 1. The second kappa shape index (κ2) is 7.74. The van der Waals surface area contributed by atoms with Gasteiger partial charge in [-0.15, -0.1) is 0 Å². The molecule has 2 aromatic carbocycles. The molecule has 0 saturated carbocycles. The number of ether oxygens (including phenoxy) is 1. The molecule has 0 aliphatic heterocycles. The summed E-state index contributed by atoms with van der Waals surface area (Å²) >= 11 is 0. The Balaban J connectivity index is 1.94. The molecule has 0 bridgehead atoms. The van der Waals surface area contributed by atoms with Crippen molar-refractivity contribution in [3.05, 3.63) is 65.5 Å². The Kier molecular flexibility index (Phi) is 5.71. The van der Waals surface area contributed by atoms with E-state index in [9.17, 15) is 14.3 Å². The number of nitrogens with one attached hydrogen (secondary N) is 1. The zero-order chi connectivity index (χ0) is 16.8. The van der Waals surface area contributed by atoms with E-state index < -0.39 is 17.8 Å². The summed E-state index contributed by atoms with van der Waals surface area (Å²) in [4.78, 5) is 12.1. The molecule has 0 spiro atoms. The van der Waals surface area contributed by atoms with E-state index in [4.69, 9.17) is 4.74 Å². The lowest BCUT2D eigenvalue weighted by Gasteiger charge is -2.16. The molecule has 2 N–H and O–H groups in total. The van der Waals surface area contributed by atoms with Crippen molar-refractivity contribution in [1.29, 1.82) is 0 Å². The van der Waals surface area contributed by atoms with Crippen molar-refractivity contribution in [3.63, 3.8) is 0 Å². The lowest BCUT2D eigenvalue weighted by Crippen LogP contribution is -2.32. The molecule has 0 saturated heterocycles. The minimum absolute atomic E-state index is 0.0595. The molecule has 5 heteroatoms. The van der Waals surface area contributed by atoms with Crippen LogP contribution >= 0.6 is 0 Å². The summed E-state index contributed by atoms with van der Waals surface area (Å²) in [5.74, 6) is -0.675. The molecule has 0 fully saturated rings. The topological polar surface area (TPSA) is 58.6 Å². The fraction of sp³-hybridized carbons (Fsp3) is 0.278. The van der Waals surface area contributed by atoms with E-state index in [1.54, 1.807) is 56.5 Å². The van der Waals surface area contributed by atoms with E-state index in [0.29, 0.717) is 16.9 Å². The first-order chi connectivity index (χ1) is 11.0. The highest BCUT2D eigenvalue weighted by Gasteiger charge is 2.19. The van der Waals surface area contributed by atoms with Crippen LogP contribution in [0, 0.1) is 5.82 Å². The van der Waals surface area contributed by atoms with Crippen molar-refractivity contribution in [2.24, 2.45) is 0 Å². The van der Waals surface area contributed by atoms with Gasteiger partial charge < -0.3 is 15.2 Å². The largest absolute Gasteiger partial charge is 0.497 e. The number of benzene rings is 2. The highest BCUT2D eigenvalue weighted by atomic mass is 19.1. The van der Waals surface area contributed by atoms with Gasteiger partial charge in [0.05, 0.1) is 19.1 Å². The third kappa shape index (κ3) is 4.29. The van der Waals surface area contributed by atoms with Crippen LogP contribution in [0.25, 0.3) is 0 Å². The van der Waals surface area contributed by atoms with Gasteiger partial charge >= 0.3 is 0 Å². The maximum absolute atomic E-state index is 13.7. The van der Waals surface area contributed by atoms with Gasteiger partial charge in [0, 0.05) is 6.54 Å². The van der Waals surface area contributed by atoms with E-state index in [1.807, 2.05) is 0 Å². The average molecular weight is 317 g/mol. The number of hydrogen-bond donors (Lipinski definition) is 2. The molecule has 0 aliphatic rings. The van der Waals surface area contributed by atoms with E-state index in [-0.39, 0.29) is 12.5 Å². The molecule has 4 nitrogen and oxygen atoms in total. The maximum atomic E-state index is 13.7. The number of methoxy groups -OCH3 is 1. The van der Waals surface area contributed by atoms with Crippen LogP contribution in [0.3, 0.4) is 0 Å². The van der Waals surface area contributed by atoms with Crippen LogP contribution in [0.15, 0.2) is 48.5 Å². The van der Waals surface area contributed by atoms with E-state index in [1.165, 1.54) is 6.07 Å². The minimum Gasteiger partial charge on any atom is -0.497 e. The molecular formula is C18H20FNO3. The van der Waals surface area contributed by atoms with Crippen LogP contribution in [-0.4, -0.2) is 24.7 Å². The van der Waals surface area contributed by atoms with Gasteiger partial charge in [0.2, 0.25) is 5.91 Å². The molecular weight excluding hydrogens is 297 g/mol. The van der Waals surface area contributed by atoms with Crippen LogP contribution in [0.4, 0.5) is 4.39 Å². The zero-order valence-electron chi connectivity index (χ0n) is 13.1. The molecule has 23 heavy (non-hydrogen) atoms. The number of carbonyl (C=O) groups excluding carboxylic acids is 1. The Morgan fingerprint density at radius 1 is 1.22 bits per heavy atom. The first kappa shape index (κ1) is 17.0. The van der Waals surface area contributed by atoms with Gasteiger partial charge in [0.1, 0.15) is 11.6 Å². The Hall–Kier alpha value is -2.40. The molecule has 0 heterocycles. The SMILES string of the molecule is COc1ccc(C(O)CNC(=O)C(C)c2ccccc2F)cc1. The summed E-state index contributed by atoms with van der Waals surface area (Å²) in [6.07, 6.45) is -0.835. The molecule has 2 atom stereocenters. The summed E-state index contributed by atoms with van der Waals surface area (Å²) in [6, 6.07) is 13.1. The second-order valence-corrected chi connectivity index (χ2v) is 5.28. The highest BCUT2D eigenvalue weighted by molar-refractivity contribution is 5.83. The van der Waals surface area contributed by atoms with Crippen LogP contribution in [0.1, 0.15) is 30.1 Å². The molecule has 0 aliphatic carbocycles. The lowest BCUT2D eigenvalue weighted by molar-refractivity contribution is -0.122. The summed E-state index contributed by atoms with van der Waals surface area (Å²) in [5, 5.41) is 12.8. The standard InChI is InChI=1S/C18H20FNO3/c1-12(15-5-3-4-6-16(15)19)18(22)20-11-17(21)13-7-9-14(23-2)10-8-13/h3-10,12,17,21H,11H2,1-2H3,(H,20,22). The fourth-order valence-electron chi connectivity index (χ4n) is 2.26. The molecule has 0 radical (unpaired) electrons. The Bertz CT molecular complexity index is 658. The molecule has 0 aromatic heterocycles. The quantitative estimate of drug-likeness (QED) is 0.861. The predicted molar refractivity (Wildman–Crippen MR) is 85.8 cm³/mol. The van der Waals surface area contributed by atoms with Crippen molar-refractivity contribution in [2.75, 3.05) is 13.7 Å². The van der Waals surface area contributed by atoms with Crippen LogP contribution in [0.5, 0.6) is 5.75 Å². The van der Waals surface area contributed by atoms with Gasteiger partial charge in [0.15, 0.2) is 0 Å². The van der Waals surface area contributed by atoms with E-state index in [2.05, 4.69) is 5.32 Å². The minimum atomic E-state index is -0.835. The number of rotatable bonds is 6. The maximum Gasteiger partial charge on any atom is 0.227 e. The highest BCUT2D eigenvalue weighted by Crippen LogP contribution is 2.20. The van der Waals surface area contributed by atoms with Crippen molar-refractivity contribution in [1.82, 2.24) is 5.32 Å². The first-order valence-electron chi connectivity index (χ1n) is 7.37. The van der Waals surface area contributed by atoms with Crippen molar-refractivity contribution in [2.45, 2.75) is 18.9 Å². The average Bonchev–Trinajstić information content (AvgIpc) is 2.59. The molecule has 122 valence electrons. The number of hydrogen-bond acceptors (Lipinski definition) is 3. The summed E-state index contributed by atoms with van der Waals surface area (Å²) < 4.78 is 18.7. The number of halogens is 1. The zero-order valence-corrected chi connectivity index (χ0v) is 13.1. The van der Waals surface area contributed by atoms with Gasteiger partial charge in [-0.1, -0.05) is 30.3 Å². The Labute approximate surface area is 134 Å². The lowest BCUT2D eigenvalue weighted by atomic mass is 9.99. The molecule has 2 unspecified atom stereocenters. The summed E-state index contributed by atoms with van der Waals surface area (Å²) in [7, 11) is 1.57. The summed E-state index contributed by atoms with van der Waals surface area (Å²) in [6.45, 7) is 1.69. The molecule has 2 aromatic rings. The van der Waals surface area contributed by atoms with E-state index >= 15 is 0 Å². The Morgan fingerprint density at radius 2 is 1.87 bits per heavy atom. The van der Waals surface area contributed by atoms with Gasteiger partial charge in [-0.05, 0) is 36.2 Å². The van der Waals surface area contributed by atoms with Gasteiger partial charge in [0.25, 0.3) is 0 Å². The molecule has 1 amide bonds. The van der Waals surface area contributed by atoms with Crippen LogP contribution in [0.2, 0.25) is 0 Å². The smallest absolute Gasteiger partial charge is 0.227 e. The second-order valence-electron chi connectivity index (χ2n) is 5.28.